The Kier molecular flexibility index (Phi) is 4.81. The van der Waals surface area contributed by atoms with E-state index in [1.165, 1.54) is 5.57 Å². The molecule has 0 aromatic rings. The quantitative estimate of drug-likeness (QED) is 0.321. The lowest BCUT2D eigenvalue weighted by atomic mass is 9.79. The summed E-state index contributed by atoms with van der Waals surface area (Å²) in [6.07, 6.45) is 11.5. The molecule has 1 saturated carbocycles. The monoisotopic (exact) mass is 361 g/mol. The van der Waals surface area contributed by atoms with Crippen LogP contribution in [-0.4, -0.2) is 14.9 Å². The number of rotatable bonds is 2. The van der Waals surface area contributed by atoms with Crippen molar-refractivity contribution in [1.82, 2.24) is 0 Å². The minimum atomic E-state index is -0.365. The molecule has 2 aliphatic rings. The van der Waals surface area contributed by atoms with Gasteiger partial charge in [-0.25, -0.2) is 0 Å². The van der Waals surface area contributed by atoms with Gasteiger partial charge in [-0.05, 0) is 30.8 Å². The van der Waals surface area contributed by atoms with Crippen molar-refractivity contribution < 1.29 is 4.92 Å². The molecule has 18 heavy (non-hydrogen) atoms. The lowest BCUT2D eigenvalue weighted by Crippen LogP contribution is -2.33. The highest BCUT2D eigenvalue weighted by molar-refractivity contribution is 14.1. The van der Waals surface area contributed by atoms with Gasteiger partial charge < -0.3 is 0 Å². The number of allylic oxidation sites excluding steroid dienone is 3. The number of halogens is 1. The summed E-state index contributed by atoms with van der Waals surface area (Å²) in [5.74, 6) is 0.760. The third-order valence-corrected chi connectivity index (χ3v) is 5.81. The maximum absolute atomic E-state index is 11.2. The lowest BCUT2D eigenvalue weighted by molar-refractivity contribution is -0.533. The van der Waals surface area contributed by atoms with Crippen molar-refractivity contribution in [2.75, 3.05) is 0 Å². The zero-order valence-corrected chi connectivity index (χ0v) is 12.9. The van der Waals surface area contributed by atoms with Gasteiger partial charge in [0.05, 0.1) is 5.92 Å². The number of hydrogen-bond donors (Lipinski definition) is 0. The van der Waals surface area contributed by atoms with E-state index in [1.807, 2.05) is 0 Å². The van der Waals surface area contributed by atoms with Crippen molar-refractivity contribution in [3.63, 3.8) is 0 Å². The third kappa shape index (κ3) is 3.13. The Morgan fingerprint density at radius 3 is 2.83 bits per heavy atom. The van der Waals surface area contributed by atoms with Crippen molar-refractivity contribution in [3.8, 4) is 0 Å². The van der Waals surface area contributed by atoms with Gasteiger partial charge in [-0.1, -0.05) is 54.2 Å². The van der Waals surface area contributed by atoms with E-state index in [2.05, 4.69) is 47.7 Å². The molecule has 2 aliphatic carbocycles. The van der Waals surface area contributed by atoms with Crippen molar-refractivity contribution in [2.24, 2.45) is 11.8 Å². The first-order valence-corrected chi connectivity index (χ1v) is 8.00. The second-order valence-electron chi connectivity index (χ2n) is 5.46. The smallest absolute Gasteiger partial charge is 0.219 e. The van der Waals surface area contributed by atoms with Gasteiger partial charge in [0.1, 0.15) is 0 Å². The molecule has 0 saturated heterocycles. The molecule has 0 aromatic carbocycles. The molecule has 4 heteroatoms. The number of nitro groups is 1. The molecular weight excluding hydrogens is 341 g/mol. The molecule has 0 aliphatic heterocycles. The van der Waals surface area contributed by atoms with E-state index < -0.39 is 0 Å². The van der Waals surface area contributed by atoms with Gasteiger partial charge >= 0.3 is 0 Å². The summed E-state index contributed by atoms with van der Waals surface area (Å²) in [6, 6.07) is -0.365. The fourth-order valence-corrected chi connectivity index (χ4v) is 3.44. The Hall–Kier alpha value is -0.390. The number of nitrogens with zero attached hydrogens (tertiary/aromatic N) is 1. The highest BCUT2D eigenvalue weighted by atomic mass is 127. The van der Waals surface area contributed by atoms with Crippen LogP contribution < -0.4 is 0 Å². The van der Waals surface area contributed by atoms with Crippen LogP contribution in [0.25, 0.3) is 0 Å². The minimum absolute atomic E-state index is 0.0611. The highest BCUT2D eigenvalue weighted by Crippen LogP contribution is 2.35. The topological polar surface area (TPSA) is 43.1 Å². The second kappa shape index (κ2) is 6.17. The molecule has 3 nitrogen and oxygen atoms in total. The van der Waals surface area contributed by atoms with Gasteiger partial charge in [-0.15, -0.1) is 0 Å². The van der Waals surface area contributed by atoms with E-state index >= 15 is 0 Å². The minimum Gasteiger partial charge on any atom is -0.264 e. The van der Waals surface area contributed by atoms with E-state index in [-0.39, 0.29) is 16.9 Å². The predicted octanol–water partition coefficient (Wildman–Crippen LogP) is 4.15. The number of hydrogen-bond acceptors (Lipinski definition) is 2. The Balaban J connectivity index is 2.18. The van der Waals surface area contributed by atoms with Gasteiger partial charge in [-0.2, -0.15) is 0 Å². The molecule has 0 spiro atoms. The third-order valence-electron chi connectivity index (χ3n) is 4.17. The molecule has 0 amide bonds. The van der Waals surface area contributed by atoms with Crippen LogP contribution in [0, 0.1) is 22.0 Å². The molecule has 1 fully saturated rings. The van der Waals surface area contributed by atoms with E-state index in [1.54, 1.807) is 0 Å². The van der Waals surface area contributed by atoms with Crippen LogP contribution in [0.1, 0.15) is 39.0 Å². The average molecular weight is 361 g/mol. The summed E-state index contributed by atoms with van der Waals surface area (Å²) in [6.45, 7) is 2.24. The van der Waals surface area contributed by atoms with Crippen LogP contribution in [0.3, 0.4) is 0 Å². The SMILES string of the molecule is C[C@H]1CC=C(C2CCCCC2[N+](=O)[O-])C=CC1I. The molecule has 0 aromatic heterocycles. The standard InChI is InChI=1S/C14H20INO2/c1-10-6-7-11(8-9-13(10)15)12-4-2-3-5-14(12)16(17)18/h7-10,12-14H,2-6H2,1H3/t10-,12?,13?,14?/m0/s1. The highest BCUT2D eigenvalue weighted by Gasteiger charge is 2.35. The molecule has 3 unspecified atom stereocenters. The maximum Gasteiger partial charge on any atom is 0.219 e. The summed E-state index contributed by atoms with van der Waals surface area (Å²) >= 11 is 2.45. The lowest BCUT2D eigenvalue weighted by Gasteiger charge is -2.26. The van der Waals surface area contributed by atoms with Gasteiger partial charge in [-0.3, -0.25) is 10.1 Å². The summed E-state index contributed by atoms with van der Waals surface area (Å²) in [7, 11) is 0. The first kappa shape index (κ1) is 14.0. The molecule has 4 atom stereocenters. The molecule has 0 bridgehead atoms. The van der Waals surface area contributed by atoms with E-state index in [4.69, 9.17) is 0 Å². The van der Waals surface area contributed by atoms with E-state index in [0.29, 0.717) is 9.84 Å². The van der Waals surface area contributed by atoms with Gasteiger partial charge in [0.2, 0.25) is 6.04 Å². The predicted molar refractivity (Wildman–Crippen MR) is 81.6 cm³/mol. The maximum atomic E-state index is 11.2. The molecule has 0 N–H and O–H groups in total. The van der Waals surface area contributed by atoms with Crippen LogP contribution >= 0.6 is 22.6 Å². The van der Waals surface area contributed by atoms with Gasteiger partial charge in [0.15, 0.2) is 0 Å². The van der Waals surface area contributed by atoms with E-state index in [9.17, 15) is 10.1 Å². The Bertz CT molecular complexity index is 378. The Morgan fingerprint density at radius 2 is 2.11 bits per heavy atom. The Morgan fingerprint density at radius 1 is 1.39 bits per heavy atom. The van der Waals surface area contributed by atoms with Crippen molar-refractivity contribution in [1.29, 1.82) is 0 Å². The van der Waals surface area contributed by atoms with Crippen LogP contribution in [0.2, 0.25) is 0 Å². The summed E-state index contributed by atoms with van der Waals surface area (Å²) in [4.78, 5) is 11.1. The molecule has 0 radical (unpaired) electrons. The van der Waals surface area contributed by atoms with Crippen molar-refractivity contribution >= 4 is 22.6 Å². The molecule has 100 valence electrons. The van der Waals surface area contributed by atoms with Crippen LogP contribution in [0.4, 0.5) is 0 Å². The average Bonchev–Trinajstić information content (AvgIpc) is 2.53. The summed E-state index contributed by atoms with van der Waals surface area (Å²) in [5.41, 5.74) is 1.21. The molecule has 2 rings (SSSR count). The molecular formula is C14H20INO2. The number of alkyl halides is 1. The van der Waals surface area contributed by atoms with Crippen molar-refractivity contribution in [2.45, 2.75) is 49.0 Å². The Labute approximate surface area is 122 Å². The summed E-state index contributed by atoms with van der Waals surface area (Å²) in [5, 5.41) is 11.2. The zero-order valence-electron chi connectivity index (χ0n) is 10.7. The first-order chi connectivity index (χ1) is 8.59. The van der Waals surface area contributed by atoms with Gasteiger partial charge in [0, 0.05) is 15.3 Å². The van der Waals surface area contributed by atoms with Gasteiger partial charge in [0.25, 0.3) is 0 Å². The zero-order chi connectivity index (χ0) is 13.1. The van der Waals surface area contributed by atoms with Crippen molar-refractivity contribution in [3.05, 3.63) is 33.9 Å². The fraction of sp³-hybridized carbons (Fsp3) is 0.714. The van der Waals surface area contributed by atoms with Crippen LogP contribution in [0.5, 0.6) is 0 Å². The second-order valence-corrected chi connectivity index (χ2v) is 6.90. The van der Waals surface area contributed by atoms with Crippen LogP contribution in [-0.2, 0) is 0 Å². The molecule has 0 heterocycles. The van der Waals surface area contributed by atoms with Crippen LogP contribution in [0.15, 0.2) is 23.8 Å². The first-order valence-electron chi connectivity index (χ1n) is 6.75. The largest absolute Gasteiger partial charge is 0.264 e. The normalized spacial score (nSPS) is 36.9. The summed E-state index contributed by atoms with van der Waals surface area (Å²) < 4.78 is 0.536. The van der Waals surface area contributed by atoms with E-state index in [0.717, 1.165) is 32.1 Å². The fourth-order valence-electron chi connectivity index (χ4n) is 2.94.